The predicted molar refractivity (Wildman–Crippen MR) is 154 cm³/mol. The predicted octanol–water partition coefficient (Wildman–Crippen LogP) is 6.41. The van der Waals surface area contributed by atoms with Gasteiger partial charge in [0.05, 0.1) is 27.9 Å². The molecule has 0 saturated carbocycles. The molecule has 3 aromatic carbocycles. The zero-order valence-corrected chi connectivity index (χ0v) is 22.9. The molecule has 6 nitrogen and oxygen atoms in total. The zero-order valence-electron chi connectivity index (χ0n) is 21.4. The number of nitrogens with one attached hydrogen (secondary N) is 1. The molecule has 1 unspecified atom stereocenters. The van der Waals surface area contributed by atoms with E-state index in [1.165, 1.54) is 0 Å². The Morgan fingerprint density at radius 3 is 2.28 bits per heavy atom. The van der Waals surface area contributed by atoms with Crippen LogP contribution < -0.4 is 5.32 Å². The van der Waals surface area contributed by atoms with Gasteiger partial charge in [0.2, 0.25) is 0 Å². The van der Waals surface area contributed by atoms with Crippen LogP contribution in [0.1, 0.15) is 42.5 Å². The molecular weight excluding hydrogens is 531 g/mol. The maximum Gasteiger partial charge on any atom is 0.254 e. The van der Waals surface area contributed by atoms with Gasteiger partial charge in [-0.25, -0.2) is 4.68 Å². The highest BCUT2D eigenvalue weighted by Crippen LogP contribution is 2.44. The maximum absolute atomic E-state index is 14.6. The van der Waals surface area contributed by atoms with Crippen LogP contribution in [-0.2, 0) is 10.4 Å². The van der Waals surface area contributed by atoms with Crippen LogP contribution in [0.5, 0.6) is 0 Å². The highest BCUT2D eigenvalue weighted by atomic mass is 35.5. The summed E-state index contributed by atoms with van der Waals surface area (Å²) >= 11 is 12.7. The second-order valence-electron chi connectivity index (χ2n) is 10.1. The first-order valence-corrected chi connectivity index (χ1v) is 13.8. The molecule has 1 fully saturated rings. The number of allylic oxidation sites excluding steroid dienone is 1. The third-order valence-corrected chi connectivity index (χ3v) is 8.56. The summed E-state index contributed by atoms with van der Waals surface area (Å²) in [6, 6.07) is 25.5. The Kier molecular flexibility index (Phi) is 6.71. The fourth-order valence-corrected chi connectivity index (χ4v) is 6.31. The quantitative estimate of drug-likeness (QED) is 0.297. The number of nitrogens with zero attached hydrogens (tertiary/aromatic N) is 3. The van der Waals surface area contributed by atoms with Crippen LogP contribution in [0.3, 0.4) is 0 Å². The average Bonchev–Trinajstić information content (AvgIpc) is 3.64. The van der Waals surface area contributed by atoms with Crippen LogP contribution in [-0.4, -0.2) is 38.3 Å². The third kappa shape index (κ3) is 4.33. The fraction of sp³-hybridized carbons (Fsp3) is 0.226. The monoisotopic (exact) mass is 558 g/mol. The third-order valence-electron chi connectivity index (χ3n) is 7.82. The van der Waals surface area contributed by atoms with Gasteiger partial charge in [-0.15, -0.1) is 0 Å². The summed E-state index contributed by atoms with van der Waals surface area (Å²) in [7, 11) is 0. The van der Waals surface area contributed by atoms with Crippen LogP contribution in [0.15, 0.2) is 102 Å². The summed E-state index contributed by atoms with van der Waals surface area (Å²) in [5, 5.41) is 21.3. The second-order valence-corrected chi connectivity index (χ2v) is 10.9. The van der Waals surface area contributed by atoms with E-state index >= 15 is 0 Å². The van der Waals surface area contributed by atoms with Crippen LogP contribution in [0.25, 0.3) is 0 Å². The number of aliphatic hydroxyl groups is 1. The molecule has 0 aliphatic carbocycles. The van der Waals surface area contributed by atoms with E-state index in [1.807, 2.05) is 84.6 Å². The lowest BCUT2D eigenvalue weighted by atomic mass is 9.78. The number of carbonyl (C=O) groups excluding carboxylic acids is 1. The van der Waals surface area contributed by atoms with Gasteiger partial charge in [-0.05, 0) is 48.6 Å². The van der Waals surface area contributed by atoms with Gasteiger partial charge in [0.1, 0.15) is 17.5 Å². The summed E-state index contributed by atoms with van der Waals surface area (Å²) in [4.78, 5) is 16.4. The number of aromatic nitrogens is 2. The summed E-state index contributed by atoms with van der Waals surface area (Å²) in [5.41, 5.74) is 2.21. The van der Waals surface area contributed by atoms with E-state index in [1.54, 1.807) is 23.0 Å². The van der Waals surface area contributed by atoms with Gasteiger partial charge in [0, 0.05) is 18.3 Å². The SMILES string of the molecule is CC1=C(C(=O)N2CCC[C@H]2C(O)(c2ccccc2)c2ccccc2)C(c2ccc(Cl)c(Cl)c2)n2nccc2N1. The molecule has 0 spiro atoms. The molecule has 6 rings (SSSR count). The highest BCUT2D eigenvalue weighted by molar-refractivity contribution is 6.42. The normalized spacial score (nSPS) is 19.1. The van der Waals surface area contributed by atoms with Crippen molar-refractivity contribution in [2.45, 2.75) is 37.5 Å². The number of carbonyl (C=O) groups is 1. The first-order valence-electron chi connectivity index (χ1n) is 13.0. The molecule has 2 aliphatic rings. The minimum atomic E-state index is -1.39. The largest absolute Gasteiger partial charge is 0.378 e. The highest BCUT2D eigenvalue weighted by Gasteiger charge is 2.49. The molecular formula is C31H28Cl2N4O2. The number of likely N-dealkylation sites (tertiary alicyclic amines) is 1. The number of hydrogen-bond acceptors (Lipinski definition) is 4. The van der Waals surface area contributed by atoms with Crippen molar-refractivity contribution in [3.05, 3.63) is 129 Å². The van der Waals surface area contributed by atoms with Crippen molar-refractivity contribution in [1.82, 2.24) is 14.7 Å². The Labute approximate surface area is 237 Å². The molecule has 1 aromatic heterocycles. The lowest BCUT2D eigenvalue weighted by molar-refractivity contribution is -0.133. The molecule has 1 amide bonds. The molecule has 198 valence electrons. The Morgan fingerprint density at radius 1 is 0.974 bits per heavy atom. The van der Waals surface area contributed by atoms with Gasteiger partial charge in [-0.3, -0.25) is 4.79 Å². The van der Waals surface area contributed by atoms with Crippen molar-refractivity contribution in [3.8, 4) is 0 Å². The molecule has 4 aromatic rings. The molecule has 2 aliphatic heterocycles. The molecule has 2 atom stereocenters. The Hall–Kier alpha value is -3.58. The van der Waals surface area contributed by atoms with Gasteiger partial charge in [0.15, 0.2) is 0 Å². The number of fused-ring (bicyclic) bond motifs is 1. The molecule has 3 heterocycles. The topological polar surface area (TPSA) is 70.4 Å². The lowest BCUT2D eigenvalue weighted by Crippen LogP contribution is -2.51. The average molecular weight is 559 g/mol. The number of benzene rings is 3. The fourth-order valence-electron chi connectivity index (χ4n) is 6.01. The van der Waals surface area contributed by atoms with E-state index in [4.69, 9.17) is 23.2 Å². The van der Waals surface area contributed by atoms with Crippen molar-refractivity contribution in [2.75, 3.05) is 11.9 Å². The van der Waals surface area contributed by atoms with Gasteiger partial charge < -0.3 is 15.3 Å². The van der Waals surface area contributed by atoms with Crippen molar-refractivity contribution >= 4 is 34.9 Å². The van der Waals surface area contributed by atoms with Crippen molar-refractivity contribution in [1.29, 1.82) is 0 Å². The van der Waals surface area contributed by atoms with Gasteiger partial charge in [-0.2, -0.15) is 5.10 Å². The van der Waals surface area contributed by atoms with Crippen LogP contribution >= 0.6 is 23.2 Å². The van der Waals surface area contributed by atoms with E-state index in [2.05, 4.69) is 10.4 Å². The van der Waals surface area contributed by atoms with E-state index in [-0.39, 0.29) is 5.91 Å². The first-order chi connectivity index (χ1) is 18.9. The van der Waals surface area contributed by atoms with E-state index in [9.17, 15) is 9.90 Å². The smallest absolute Gasteiger partial charge is 0.254 e. The van der Waals surface area contributed by atoms with Crippen molar-refractivity contribution < 1.29 is 9.90 Å². The van der Waals surface area contributed by atoms with Crippen LogP contribution in [0.2, 0.25) is 10.0 Å². The molecule has 8 heteroatoms. The van der Waals surface area contributed by atoms with Gasteiger partial charge in [-0.1, -0.05) is 89.9 Å². The second kappa shape index (κ2) is 10.2. The summed E-state index contributed by atoms with van der Waals surface area (Å²) < 4.78 is 1.80. The minimum absolute atomic E-state index is 0.148. The zero-order chi connectivity index (χ0) is 27.1. The standard InChI is InChI=1S/C31H28Cl2N4O2/c1-20-28(29(37-27(35-20)16-17-34-37)21-14-15-24(32)25(33)19-21)30(38)36-18-8-13-26(36)31(39,22-9-4-2-5-10-22)23-11-6-3-7-12-23/h2-7,9-12,14-17,19,26,29,35,39H,8,13,18H2,1H3/t26-,29?/m0/s1. The van der Waals surface area contributed by atoms with E-state index in [0.29, 0.717) is 28.6 Å². The molecule has 39 heavy (non-hydrogen) atoms. The van der Waals surface area contributed by atoms with Crippen LogP contribution in [0, 0.1) is 0 Å². The number of amides is 1. The molecule has 1 saturated heterocycles. The minimum Gasteiger partial charge on any atom is -0.378 e. The number of anilines is 1. The Balaban J connectivity index is 1.46. The maximum atomic E-state index is 14.6. The van der Waals surface area contributed by atoms with Crippen molar-refractivity contribution in [3.63, 3.8) is 0 Å². The van der Waals surface area contributed by atoms with Crippen LogP contribution in [0.4, 0.5) is 5.82 Å². The van der Waals surface area contributed by atoms with Gasteiger partial charge >= 0.3 is 0 Å². The first kappa shape index (κ1) is 25.7. The molecule has 2 N–H and O–H groups in total. The van der Waals surface area contributed by atoms with Gasteiger partial charge in [0.25, 0.3) is 5.91 Å². The van der Waals surface area contributed by atoms with E-state index < -0.39 is 17.7 Å². The summed E-state index contributed by atoms with van der Waals surface area (Å²) in [5.74, 6) is 0.633. The number of halogens is 2. The molecule has 0 bridgehead atoms. The number of rotatable bonds is 5. The molecule has 0 radical (unpaired) electrons. The lowest BCUT2D eigenvalue weighted by Gasteiger charge is -2.41. The number of hydrogen-bond donors (Lipinski definition) is 2. The summed E-state index contributed by atoms with van der Waals surface area (Å²) in [6.45, 7) is 2.43. The van der Waals surface area contributed by atoms with Crippen molar-refractivity contribution in [2.24, 2.45) is 0 Å². The Bertz CT molecular complexity index is 1510. The summed E-state index contributed by atoms with van der Waals surface area (Å²) in [6.07, 6.45) is 3.15. The van der Waals surface area contributed by atoms with E-state index in [0.717, 1.165) is 34.6 Å². The Morgan fingerprint density at radius 2 is 1.64 bits per heavy atom.